The van der Waals surface area contributed by atoms with E-state index in [0.29, 0.717) is 18.5 Å². The Kier molecular flexibility index (Phi) is 8.07. The van der Waals surface area contributed by atoms with E-state index in [1.807, 2.05) is 24.3 Å². The number of amides is 1. The average molecular weight is 429 g/mol. The lowest BCUT2D eigenvalue weighted by atomic mass is 10.1. The van der Waals surface area contributed by atoms with Gasteiger partial charge < -0.3 is 14.8 Å². The Morgan fingerprint density at radius 2 is 1.59 bits per heavy atom. The van der Waals surface area contributed by atoms with Crippen LogP contribution in [-0.2, 0) is 27.8 Å². The highest BCUT2D eigenvalue weighted by Gasteiger charge is 2.31. The highest BCUT2D eigenvalue weighted by Crippen LogP contribution is 2.23. The molecule has 0 heterocycles. The van der Waals surface area contributed by atoms with Gasteiger partial charge in [0.05, 0.1) is 7.11 Å². The molecule has 29 heavy (non-hydrogen) atoms. The number of hydrogen-bond acceptors (Lipinski definition) is 4. The highest BCUT2D eigenvalue weighted by atomic mass is 32.2. The molecule has 0 bridgehead atoms. The Bertz CT molecular complexity index is 823. The lowest BCUT2D eigenvalue weighted by molar-refractivity contribution is -0.274. The van der Waals surface area contributed by atoms with Crippen LogP contribution in [-0.4, -0.2) is 35.4 Å². The fraction of sp³-hybridized carbons (Fsp3) is 0.350. The van der Waals surface area contributed by atoms with E-state index in [4.69, 9.17) is 4.74 Å². The van der Waals surface area contributed by atoms with Crippen LogP contribution in [0.25, 0.3) is 0 Å². The molecule has 0 aromatic heterocycles. The Morgan fingerprint density at radius 3 is 2.14 bits per heavy atom. The molecule has 1 amide bonds. The van der Waals surface area contributed by atoms with Gasteiger partial charge in [-0.05, 0) is 48.7 Å². The molecule has 2 aromatic rings. The van der Waals surface area contributed by atoms with Crippen molar-refractivity contribution in [2.24, 2.45) is 0 Å². The highest BCUT2D eigenvalue weighted by molar-refractivity contribution is 7.85. The number of benzene rings is 2. The Labute approximate surface area is 169 Å². The minimum atomic E-state index is -4.76. The van der Waals surface area contributed by atoms with Gasteiger partial charge in [0.1, 0.15) is 16.7 Å². The van der Waals surface area contributed by atoms with Gasteiger partial charge in [-0.25, -0.2) is 0 Å². The van der Waals surface area contributed by atoms with E-state index in [-0.39, 0.29) is 17.4 Å². The van der Waals surface area contributed by atoms with Gasteiger partial charge >= 0.3 is 6.36 Å². The van der Waals surface area contributed by atoms with Gasteiger partial charge in [-0.15, -0.1) is 13.2 Å². The van der Waals surface area contributed by atoms with Crippen molar-refractivity contribution in [2.75, 3.05) is 13.7 Å². The van der Waals surface area contributed by atoms with E-state index in [0.717, 1.165) is 23.4 Å². The molecule has 0 aliphatic heterocycles. The molecule has 0 spiro atoms. The van der Waals surface area contributed by atoms with Crippen molar-refractivity contribution in [1.82, 2.24) is 5.32 Å². The zero-order valence-electron chi connectivity index (χ0n) is 16.0. The number of methoxy groups -OCH3 is 1. The van der Waals surface area contributed by atoms with Crippen LogP contribution in [0, 0.1) is 0 Å². The van der Waals surface area contributed by atoms with Crippen LogP contribution < -0.4 is 14.8 Å². The largest absolute Gasteiger partial charge is 0.573 e. The van der Waals surface area contributed by atoms with Gasteiger partial charge in [-0.2, -0.15) is 0 Å². The summed E-state index contributed by atoms with van der Waals surface area (Å²) in [6.45, 7) is 1.95. The van der Waals surface area contributed by atoms with Crippen molar-refractivity contribution >= 4 is 16.7 Å². The topological polar surface area (TPSA) is 64.6 Å². The molecule has 1 N–H and O–H groups in total. The van der Waals surface area contributed by atoms with Gasteiger partial charge in [0.2, 0.25) is 5.91 Å². The summed E-state index contributed by atoms with van der Waals surface area (Å²) in [4.78, 5) is 12.2. The van der Waals surface area contributed by atoms with Crippen LogP contribution in [0.5, 0.6) is 11.5 Å². The fourth-order valence-corrected chi connectivity index (χ4v) is 3.56. The first kappa shape index (κ1) is 22.7. The predicted molar refractivity (Wildman–Crippen MR) is 104 cm³/mol. The predicted octanol–water partition coefficient (Wildman–Crippen LogP) is 3.59. The van der Waals surface area contributed by atoms with E-state index in [2.05, 4.69) is 10.1 Å². The Hall–Kier alpha value is -2.55. The number of carbonyl (C=O) groups excluding carboxylic acids is 1. The third-order valence-corrected chi connectivity index (χ3v) is 5.72. The van der Waals surface area contributed by atoms with E-state index < -0.39 is 22.4 Å². The number of nitrogens with one attached hydrogen (secondary N) is 1. The molecule has 2 rings (SSSR count). The SMILES string of the molecule is COc1ccc(CCNC(=O)C(C)S(=O)Cc2ccc(OC(F)(F)F)cc2)cc1. The maximum Gasteiger partial charge on any atom is 0.573 e. The second-order valence-electron chi connectivity index (χ2n) is 6.25. The van der Waals surface area contributed by atoms with Crippen molar-refractivity contribution in [1.29, 1.82) is 0 Å². The molecular weight excluding hydrogens is 407 g/mol. The molecule has 0 saturated heterocycles. The van der Waals surface area contributed by atoms with Crippen LogP contribution in [0.4, 0.5) is 13.2 Å². The van der Waals surface area contributed by atoms with E-state index >= 15 is 0 Å². The molecule has 5 nitrogen and oxygen atoms in total. The Morgan fingerprint density at radius 1 is 1.03 bits per heavy atom. The molecule has 0 fully saturated rings. The molecule has 0 aliphatic carbocycles. The first-order chi connectivity index (χ1) is 13.7. The molecule has 2 atom stereocenters. The molecular formula is C20H22F3NO4S. The lowest BCUT2D eigenvalue weighted by Gasteiger charge is -2.13. The summed E-state index contributed by atoms with van der Waals surface area (Å²) >= 11 is 0. The zero-order chi connectivity index (χ0) is 21.4. The normalized spacial score (nSPS) is 13.4. The number of ether oxygens (including phenoxy) is 2. The van der Waals surface area contributed by atoms with Gasteiger partial charge in [-0.1, -0.05) is 24.3 Å². The minimum Gasteiger partial charge on any atom is -0.497 e. The number of hydrogen-bond donors (Lipinski definition) is 1. The first-order valence-corrected chi connectivity index (χ1v) is 10.2. The standard InChI is InChI=1S/C20H22F3NO4S/c1-14(19(25)24-12-11-15-3-7-17(27-2)8-4-15)29(26)13-16-5-9-18(10-6-16)28-20(21,22)23/h3-10,14H,11-13H2,1-2H3,(H,24,25). The lowest BCUT2D eigenvalue weighted by Crippen LogP contribution is -2.36. The number of halogens is 3. The number of alkyl halides is 3. The van der Waals surface area contributed by atoms with Gasteiger partial charge in [0, 0.05) is 23.1 Å². The van der Waals surface area contributed by atoms with E-state index in [1.165, 1.54) is 12.1 Å². The van der Waals surface area contributed by atoms with Crippen molar-refractivity contribution < 1.29 is 31.6 Å². The van der Waals surface area contributed by atoms with E-state index in [1.54, 1.807) is 14.0 Å². The molecule has 0 radical (unpaired) electrons. The number of rotatable bonds is 9. The smallest absolute Gasteiger partial charge is 0.497 e. The maximum atomic E-state index is 12.4. The summed E-state index contributed by atoms with van der Waals surface area (Å²) in [5.74, 6) is 0.115. The van der Waals surface area contributed by atoms with Crippen LogP contribution in [0.3, 0.4) is 0 Å². The minimum absolute atomic E-state index is 0.0549. The van der Waals surface area contributed by atoms with Crippen LogP contribution >= 0.6 is 0 Å². The van der Waals surface area contributed by atoms with Crippen LogP contribution in [0.15, 0.2) is 48.5 Å². The second kappa shape index (κ2) is 10.3. The fourth-order valence-electron chi connectivity index (χ4n) is 2.46. The molecule has 0 aliphatic rings. The summed E-state index contributed by atoms with van der Waals surface area (Å²) in [5.41, 5.74) is 1.58. The maximum absolute atomic E-state index is 12.4. The van der Waals surface area contributed by atoms with Crippen LogP contribution in [0.1, 0.15) is 18.1 Å². The summed E-state index contributed by atoms with van der Waals surface area (Å²) in [7, 11) is 0.0693. The molecule has 9 heteroatoms. The number of carbonyl (C=O) groups is 1. The molecule has 158 valence electrons. The monoisotopic (exact) mass is 429 g/mol. The third kappa shape index (κ3) is 7.77. The summed E-state index contributed by atoms with van der Waals surface area (Å²) in [5, 5.41) is 2.00. The first-order valence-electron chi connectivity index (χ1n) is 8.80. The van der Waals surface area contributed by atoms with Gasteiger partial charge in [0.25, 0.3) is 0 Å². The summed E-state index contributed by atoms with van der Waals surface area (Å²) in [6, 6.07) is 12.6. The van der Waals surface area contributed by atoms with Crippen molar-refractivity contribution in [3.05, 3.63) is 59.7 Å². The quantitative estimate of drug-likeness (QED) is 0.662. The molecule has 2 unspecified atom stereocenters. The zero-order valence-corrected chi connectivity index (χ0v) is 16.8. The van der Waals surface area contributed by atoms with Crippen LogP contribution in [0.2, 0.25) is 0 Å². The van der Waals surface area contributed by atoms with Gasteiger partial charge in [0.15, 0.2) is 0 Å². The summed E-state index contributed by atoms with van der Waals surface area (Å²) in [6.07, 6.45) is -4.14. The van der Waals surface area contributed by atoms with Crippen molar-refractivity contribution in [3.63, 3.8) is 0 Å². The average Bonchev–Trinajstić information content (AvgIpc) is 2.68. The van der Waals surface area contributed by atoms with Crippen molar-refractivity contribution in [3.8, 4) is 11.5 Å². The van der Waals surface area contributed by atoms with Gasteiger partial charge in [-0.3, -0.25) is 9.00 Å². The second-order valence-corrected chi connectivity index (χ2v) is 8.01. The molecule has 0 saturated carbocycles. The summed E-state index contributed by atoms with van der Waals surface area (Å²) < 4.78 is 57.8. The Balaban J connectivity index is 1.80. The molecule has 2 aromatic carbocycles. The van der Waals surface area contributed by atoms with Crippen molar-refractivity contribution in [2.45, 2.75) is 30.7 Å². The third-order valence-electron chi connectivity index (χ3n) is 4.10. The van der Waals surface area contributed by atoms with E-state index in [9.17, 15) is 22.2 Å².